The molecular weight excluding hydrogens is 462 g/mol. The first-order chi connectivity index (χ1) is 16.9. The number of nitrogens with zero attached hydrogens (tertiary/aromatic N) is 1. The number of carbonyl (C=O) groups is 2. The van der Waals surface area contributed by atoms with Crippen molar-refractivity contribution in [3.63, 3.8) is 0 Å². The fourth-order valence-electron chi connectivity index (χ4n) is 3.43. The van der Waals surface area contributed by atoms with Gasteiger partial charge in [0.2, 0.25) is 15.9 Å². The number of benzene rings is 3. The van der Waals surface area contributed by atoms with Gasteiger partial charge in [-0.15, -0.1) is 0 Å². The molecule has 0 spiro atoms. The highest BCUT2D eigenvalue weighted by Crippen LogP contribution is 2.20. The third kappa shape index (κ3) is 7.37. The molecule has 1 fully saturated rings. The summed E-state index contributed by atoms with van der Waals surface area (Å²) in [4.78, 5) is 25.2. The molecule has 35 heavy (non-hydrogen) atoms. The van der Waals surface area contributed by atoms with Crippen LogP contribution in [0.1, 0.15) is 34.3 Å². The lowest BCUT2D eigenvalue weighted by atomic mass is 10.2. The van der Waals surface area contributed by atoms with E-state index in [9.17, 15) is 18.0 Å². The Kier molecular flexibility index (Phi) is 7.74. The van der Waals surface area contributed by atoms with E-state index >= 15 is 0 Å². The van der Waals surface area contributed by atoms with E-state index in [2.05, 4.69) is 10.6 Å². The third-order valence-corrected chi connectivity index (χ3v) is 6.89. The minimum absolute atomic E-state index is 0.0412. The highest BCUT2D eigenvalue weighted by molar-refractivity contribution is 7.92. The van der Waals surface area contributed by atoms with Crippen LogP contribution in [-0.4, -0.2) is 37.1 Å². The summed E-state index contributed by atoms with van der Waals surface area (Å²) in [6.07, 6.45) is 3.46. The van der Waals surface area contributed by atoms with E-state index in [4.69, 9.17) is 0 Å². The van der Waals surface area contributed by atoms with E-state index in [1.54, 1.807) is 36.4 Å². The van der Waals surface area contributed by atoms with Crippen LogP contribution in [0.2, 0.25) is 0 Å². The largest absolute Gasteiger partial charge is 0.349 e. The molecule has 8 heteroatoms. The molecule has 7 nitrogen and oxygen atoms in total. The first kappa shape index (κ1) is 24.4. The Labute approximate surface area is 205 Å². The highest BCUT2D eigenvalue weighted by atomic mass is 32.2. The van der Waals surface area contributed by atoms with Crippen molar-refractivity contribution in [3.8, 4) is 0 Å². The molecule has 180 valence electrons. The fraction of sp³-hybridized carbons (Fsp3) is 0.185. The van der Waals surface area contributed by atoms with E-state index in [-0.39, 0.29) is 25.0 Å². The smallest absolute Gasteiger partial charge is 0.251 e. The Hall–Kier alpha value is -3.75. The monoisotopic (exact) mass is 489 g/mol. The summed E-state index contributed by atoms with van der Waals surface area (Å²) in [5, 5.41) is 6.74. The molecule has 0 bridgehead atoms. The third-order valence-electron chi connectivity index (χ3n) is 5.43. The topological polar surface area (TPSA) is 95.6 Å². The molecule has 1 aliphatic rings. The van der Waals surface area contributed by atoms with Crippen molar-refractivity contribution in [2.75, 3.05) is 11.9 Å². The molecule has 0 radical (unpaired) electrons. The molecule has 3 aromatic carbocycles. The number of rotatable bonds is 10. The molecule has 1 aliphatic carbocycles. The molecule has 0 atom stereocenters. The van der Waals surface area contributed by atoms with E-state index in [0.717, 1.165) is 33.7 Å². The summed E-state index contributed by atoms with van der Waals surface area (Å²) in [6, 6.07) is 25.0. The Morgan fingerprint density at radius 2 is 1.60 bits per heavy atom. The van der Waals surface area contributed by atoms with Crippen LogP contribution in [0.4, 0.5) is 5.69 Å². The van der Waals surface area contributed by atoms with Gasteiger partial charge >= 0.3 is 0 Å². The Morgan fingerprint density at radius 3 is 2.29 bits per heavy atom. The minimum Gasteiger partial charge on any atom is -0.349 e. The molecule has 0 unspecified atom stereocenters. The molecule has 2 amide bonds. The lowest BCUT2D eigenvalue weighted by Gasteiger charge is -2.20. The number of nitrogens with one attached hydrogen (secondary N) is 2. The summed E-state index contributed by atoms with van der Waals surface area (Å²) < 4.78 is 27.4. The second-order valence-electron chi connectivity index (χ2n) is 8.39. The Morgan fingerprint density at radius 1 is 0.914 bits per heavy atom. The van der Waals surface area contributed by atoms with Gasteiger partial charge in [-0.05, 0) is 48.2 Å². The molecule has 0 aliphatic heterocycles. The van der Waals surface area contributed by atoms with Gasteiger partial charge in [0.25, 0.3) is 5.91 Å². The summed E-state index contributed by atoms with van der Waals surface area (Å²) >= 11 is 0. The number of hydrogen-bond acceptors (Lipinski definition) is 4. The number of hydrogen-bond donors (Lipinski definition) is 2. The van der Waals surface area contributed by atoms with Gasteiger partial charge in [-0.3, -0.25) is 9.59 Å². The maximum Gasteiger partial charge on any atom is 0.251 e. The lowest BCUT2D eigenvalue weighted by molar-refractivity contribution is -0.116. The predicted octanol–water partition coefficient (Wildman–Crippen LogP) is 4.02. The van der Waals surface area contributed by atoms with Gasteiger partial charge in [-0.2, -0.15) is 4.31 Å². The number of carbonyl (C=O) groups excluding carboxylic acids is 2. The van der Waals surface area contributed by atoms with Crippen LogP contribution in [-0.2, 0) is 21.4 Å². The summed E-state index contributed by atoms with van der Waals surface area (Å²) in [5.41, 5.74) is 2.36. The van der Waals surface area contributed by atoms with Crippen molar-refractivity contribution in [1.82, 2.24) is 9.62 Å². The van der Waals surface area contributed by atoms with E-state index in [0.29, 0.717) is 11.3 Å². The van der Waals surface area contributed by atoms with Gasteiger partial charge in [0.15, 0.2) is 0 Å². The Balaban J connectivity index is 1.48. The first-order valence-electron chi connectivity index (χ1n) is 11.4. The average Bonchev–Trinajstić information content (AvgIpc) is 3.68. The molecule has 0 heterocycles. The summed E-state index contributed by atoms with van der Waals surface area (Å²) in [5.74, 6) is -0.694. The number of anilines is 1. The van der Waals surface area contributed by atoms with Gasteiger partial charge in [0, 0.05) is 29.2 Å². The second-order valence-corrected chi connectivity index (χ2v) is 10.2. The van der Waals surface area contributed by atoms with E-state index < -0.39 is 15.9 Å². The molecular formula is C27H27N3O4S. The van der Waals surface area contributed by atoms with Crippen LogP contribution >= 0.6 is 0 Å². The highest BCUT2D eigenvalue weighted by Gasteiger charge is 2.25. The quantitative estimate of drug-likeness (QED) is 0.450. The van der Waals surface area contributed by atoms with Gasteiger partial charge < -0.3 is 10.6 Å². The number of amides is 2. The van der Waals surface area contributed by atoms with Gasteiger partial charge in [-0.1, -0.05) is 66.7 Å². The van der Waals surface area contributed by atoms with Crippen molar-refractivity contribution in [1.29, 1.82) is 0 Å². The van der Waals surface area contributed by atoms with Crippen molar-refractivity contribution in [2.24, 2.45) is 0 Å². The summed E-state index contributed by atoms with van der Waals surface area (Å²) in [6.45, 7) is -0.339. The van der Waals surface area contributed by atoms with Crippen LogP contribution in [0.15, 0.2) is 90.3 Å². The van der Waals surface area contributed by atoms with Gasteiger partial charge in [-0.25, -0.2) is 8.42 Å². The zero-order valence-corrected chi connectivity index (χ0v) is 19.9. The van der Waals surface area contributed by atoms with E-state index in [1.807, 2.05) is 48.5 Å². The Bertz CT molecular complexity index is 1300. The van der Waals surface area contributed by atoms with Crippen molar-refractivity contribution in [2.45, 2.75) is 25.4 Å². The maximum absolute atomic E-state index is 13.2. The van der Waals surface area contributed by atoms with Gasteiger partial charge in [0.05, 0.1) is 6.54 Å². The van der Waals surface area contributed by atoms with Crippen LogP contribution in [0, 0.1) is 0 Å². The lowest BCUT2D eigenvalue weighted by Crippen LogP contribution is -2.36. The predicted molar refractivity (Wildman–Crippen MR) is 137 cm³/mol. The molecule has 1 saturated carbocycles. The SMILES string of the molecule is O=C(CN(Cc1ccccc1)S(=O)(=O)/C=C/c1ccccc1)Nc1cccc(C(=O)NC2CC2)c1. The average molecular weight is 490 g/mol. The standard InChI is InChI=1S/C27H27N3O4S/c31-26(28-25-13-7-12-23(18-25)27(32)29-24-14-15-24)20-30(19-22-10-5-2-6-11-22)35(33,34)17-16-21-8-3-1-4-9-21/h1-13,16-18,24H,14-15,19-20H2,(H,28,31)(H,29,32)/b17-16+. The van der Waals surface area contributed by atoms with Crippen molar-refractivity contribution >= 4 is 33.6 Å². The molecule has 0 saturated heterocycles. The fourth-order valence-corrected chi connectivity index (χ4v) is 4.56. The van der Waals surface area contributed by atoms with Crippen molar-refractivity contribution < 1.29 is 18.0 Å². The molecule has 3 aromatic rings. The van der Waals surface area contributed by atoms with Crippen molar-refractivity contribution in [3.05, 3.63) is 107 Å². The number of sulfonamides is 1. The van der Waals surface area contributed by atoms with E-state index in [1.165, 1.54) is 6.08 Å². The zero-order valence-electron chi connectivity index (χ0n) is 19.1. The normalized spacial score (nSPS) is 13.6. The van der Waals surface area contributed by atoms with Crippen LogP contribution < -0.4 is 10.6 Å². The van der Waals surface area contributed by atoms with Crippen LogP contribution in [0.25, 0.3) is 6.08 Å². The second kappa shape index (κ2) is 11.1. The van der Waals surface area contributed by atoms with Crippen LogP contribution in [0.5, 0.6) is 0 Å². The molecule has 0 aromatic heterocycles. The zero-order chi connectivity index (χ0) is 24.7. The van der Waals surface area contributed by atoms with Crippen LogP contribution in [0.3, 0.4) is 0 Å². The van der Waals surface area contributed by atoms with Gasteiger partial charge in [0.1, 0.15) is 0 Å². The molecule has 4 rings (SSSR count). The minimum atomic E-state index is -3.91. The molecule has 2 N–H and O–H groups in total. The first-order valence-corrected chi connectivity index (χ1v) is 12.9. The summed E-state index contributed by atoms with van der Waals surface area (Å²) in [7, 11) is -3.91. The maximum atomic E-state index is 13.2.